The van der Waals surface area contributed by atoms with Crippen molar-refractivity contribution in [3.8, 4) is 11.5 Å². The van der Waals surface area contributed by atoms with Gasteiger partial charge in [-0.3, -0.25) is 0 Å². The Kier molecular flexibility index (Phi) is 4.25. The van der Waals surface area contributed by atoms with E-state index in [4.69, 9.17) is 9.47 Å². The average Bonchev–Trinajstić information content (AvgIpc) is 3.45. The first kappa shape index (κ1) is 15.0. The van der Waals surface area contributed by atoms with Crippen molar-refractivity contribution in [2.45, 2.75) is 18.9 Å². The van der Waals surface area contributed by atoms with Gasteiger partial charge in [-0.15, -0.1) is 0 Å². The molecule has 0 aromatic heterocycles. The molecule has 2 amide bonds. The van der Waals surface area contributed by atoms with Crippen molar-refractivity contribution < 1.29 is 14.3 Å². The minimum Gasteiger partial charge on any atom is -0.486 e. The fraction of sp³-hybridized carbons (Fsp3) is 0.588. The number of hydrogen-bond donors (Lipinski definition) is 1. The molecule has 4 rings (SSSR count). The zero-order valence-corrected chi connectivity index (χ0v) is 13.9. The number of hydrogen-bond acceptors (Lipinski definition) is 4. The fourth-order valence-electron chi connectivity index (χ4n) is 3.15. The summed E-state index contributed by atoms with van der Waals surface area (Å²) in [7, 11) is 0. The molecular formula is C17H22N2O3S. The lowest BCUT2D eigenvalue weighted by Gasteiger charge is -2.29. The van der Waals surface area contributed by atoms with E-state index in [1.54, 1.807) is 0 Å². The predicted molar refractivity (Wildman–Crippen MR) is 90.3 cm³/mol. The third-order valence-electron chi connectivity index (χ3n) is 4.60. The number of nitrogens with zero attached hydrogens (tertiary/aromatic N) is 1. The lowest BCUT2D eigenvalue weighted by atomic mass is 10.0. The third-order valence-corrected chi connectivity index (χ3v) is 5.54. The monoisotopic (exact) mass is 334 g/mol. The number of carbonyl (C=O) groups is 1. The maximum atomic E-state index is 12.6. The Morgan fingerprint density at radius 3 is 2.65 bits per heavy atom. The lowest BCUT2D eigenvalue weighted by molar-refractivity contribution is 0.171. The Balaban J connectivity index is 1.50. The minimum absolute atomic E-state index is 0.0667. The average molecular weight is 334 g/mol. The highest BCUT2D eigenvalue weighted by atomic mass is 32.2. The molecule has 0 radical (unpaired) electrons. The topological polar surface area (TPSA) is 50.8 Å². The van der Waals surface area contributed by atoms with Crippen molar-refractivity contribution in [1.82, 2.24) is 10.2 Å². The van der Waals surface area contributed by atoms with Crippen molar-refractivity contribution >= 4 is 17.8 Å². The summed E-state index contributed by atoms with van der Waals surface area (Å²) in [5, 5.41) is 3.25. The van der Waals surface area contributed by atoms with Gasteiger partial charge in [0.2, 0.25) is 0 Å². The third kappa shape index (κ3) is 3.37. The molecule has 1 saturated heterocycles. The van der Waals surface area contributed by atoms with Crippen molar-refractivity contribution in [1.29, 1.82) is 0 Å². The summed E-state index contributed by atoms with van der Waals surface area (Å²) in [5.41, 5.74) is 1.12. The molecule has 1 atom stereocenters. The van der Waals surface area contributed by atoms with Crippen LogP contribution in [0.2, 0.25) is 0 Å². The van der Waals surface area contributed by atoms with Gasteiger partial charge in [0.15, 0.2) is 11.5 Å². The summed E-state index contributed by atoms with van der Waals surface area (Å²) in [4.78, 5) is 14.5. The molecule has 5 nitrogen and oxygen atoms in total. The van der Waals surface area contributed by atoms with Gasteiger partial charge in [-0.05, 0) is 36.5 Å². The molecule has 1 aliphatic carbocycles. The second kappa shape index (κ2) is 6.51. The number of nitrogens with one attached hydrogen (secondary N) is 1. The van der Waals surface area contributed by atoms with Crippen molar-refractivity contribution in [2.24, 2.45) is 5.92 Å². The first-order valence-corrected chi connectivity index (χ1v) is 9.49. The molecule has 2 aliphatic heterocycles. The van der Waals surface area contributed by atoms with Gasteiger partial charge in [-0.25, -0.2) is 4.79 Å². The summed E-state index contributed by atoms with van der Waals surface area (Å²) in [6.07, 6.45) is 2.35. The molecular weight excluding hydrogens is 312 g/mol. The molecule has 0 bridgehead atoms. The van der Waals surface area contributed by atoms with Gasteiger partial charge >= 0.3 is 6.03 Å². The van der Waals surface area contributed by atoms with Crippen molar-refractivity contribution in [3.05, 3.63) is 23.8 Å². The van der Waals surface area contributed by atoms with Gasteiger partial charge in [-0.2, -0.15) is 11.8 Å². The number of thioether (sulfide) groups is 1. The van der Waals surface area contributed by atoms with E-state index < -0.39 is 0 Å². The summed E-state index contributed by atoms with van der Waals surface area (Å²) in [6, 6.07) is 6.19. The van der Waals surface area contributed by atoms with Crippen LogP contribution in [0.1, 0.15) is 24.4 Å². The van der Waals surface area contributed by atoms with Crippen LogP contribution in [-0.4, -0.2) is 48.7 Å². The van der Waals surface area contributed by atoms with Crippen LogP contribution in [0.25, 0.3) is 0 Å². The standard InChI is InChI=1S/C17H22N2O3S/c20-17(19-5-9-23-10-6-19)18-16(12-1-2-12)13-3-4-14-15(11-13)22-8-7-21-14/h3-4,11-12,16H,1-2,5-10H2,(H,18,20). The van der Waals surface area contributed by atoms with Gasteiger partial charge in [0, 0.05) is 24.6 Å². The van der Waals surface area contributed by atoms with E-state index >= 15 is 0 Å². The molecule has 124 valence electrons. The number of urea groups is 1. The van der Waals surface area contributed by atoms with E-state index in [1.807, 2.05) is 28.8 Å². The molecule has 2 fully saturated rings. The molecule has 1 aromatic carbocycles. The first-order chi connectivity index (χ1) is 11.3. The zero-order valence-electron chi connectivity index (χ0n) is 13.1. The Morgan fingerprint density at radius 1 is 1.17 bits per heavy atom. The zero-order chi connectivity index (χ0) is 15.6. The van der Waals surface area contributed by atoms with Gasteiger partial charge in [0.1, 0.15) is 13.2 Å². The maximum absolute atomic E-state index is 12.6. The van der Waals surface area contributed by atoms with Crippen LogP contribution in [0, 0.1) is 5.92 Å². The molecule has 6 heteroatoms. The van der Waals surface area contributed by atoms with Crippen LogP contribution in [0.5, 0.6) is 11.5 Å². The number of ether oxygens (including phenoxy) is 2. The van der Waals surface area contributed by atoms with E-state index in [0.29, 0.717) is 19.1 Å². The number of amides is 2. The summed E-state index contributed by atoms with van der Waals surface area (Å²) >= 11 is 1.91. The SMILES string of the molecule is O=C(NC(c1ccc2c(c1)OCCO2)C1CC1)N1CCSCC1. The predicted octanol–water partition coefficient (Wildman–Crippen LogP) is 2.67. The maximum Gasteiger partial charge on any atom is 0.317 e. The Morgan fingerprint density at radius 2 is 1.91 bits per heavy atom. The number of carbonyl (C=O) groups excluding carboxylic acids is 1. The first-order valence-electron chi connectivity index (χ1n) is 8.34. The van der Waals surface area contributed by atoms with Crippen LogP contribution < -0.4 is 14.8 Å². The Labute approximate surface area is 140 Å². The van der Waals surface area contributed by atoms with E-state index in [9.17, 15) is 4.79 Å². The molecule has 1 aromatic rings. The minimum atomic E-state index is 0.0667. The Bertz CT molecular complexity index is 585. The van der Waals surface area contributed by atoms with Crippen LogP contribution in [-0.2, 0) is 0 Å². The summed E-state index contributed by atoms with van der Waals surface area (Å²) < 4.78 is 11.3. The fourth-order valence-corrected chi connectivity index (χ4v) is 4.05. The van der Waals surface area contributed by atoms with Gasteiger partial charge < -0.3 is 19.7 Å². The Hall–Kier alpha value is -1.56. The van der Waals surface area contributed by atoms with Crippen molar-refractivity contribution in [2.75, 3.05) is 37.8 Å². The molecule has 23 heavy (non-hydrogen) atoms. The number of rotatable bonds is 3. The van der Waals surface area contributed by atoms with Gasteiger partial charge in [0.25, 0.3) is 0 Å². The van der Waals surface area contributed by atoms with E-state index in [1.165, 1.54) is 12.8 Å². The highest BCUT2D eigenvalue weighted by molar-refractivity contribution is 7.99. The molecule has 1 N–H and O–H groups in total. The van der Waals surface area contributed by atoms with Crippen LogP contribution >= 0.6 is 11.8 Å². The molecule has 1 unspecified atom stereocenters. The summed E-state index contributed by atoms with van der Waals surface area (Å²) in [6.45, 7) is 2.87. The van der Waals surface area contributed by atoms with E-state index in [2.05, 4.69) is 11.4 Å². The highest BCUT2D eigenvalue weighted by Crippen LogP contribution is 2.43. The molecule has 3 aliphatic rings. The highest BCUT2D eigenvalue weighted by Gasteiger charge is 2.35. The lowest BCUT2D eigenvalue weighted by Crippen LogP contribution is -2.45. The van der Waals surface area contributed by atoms with E-state index in [0.717, 1.165) is 41.7 Å². The quantitative estimate of drug-likeness (QED) is 0.923. The van der Waals surface area contributed by atoms with Crippen molar-refractivity contribution in [3.63, 3.8) is 0 Å². The largest absolute Gasteiger partial charge is 0.486 e. The summed E-state index contributed by atoms with van der Waals surface area (Å²) in [5.74, 6) is 4.20. The van der Waals surface area contributed by atoms with Gasteiger partial charge in [0.05, 0.1) is 6.04 Å². The van der Waals surface area contributed by atoms with Crippen LogP contribution in [0.4, 0.5) is 4.79 Å². The van der Waals surface area contributed by atoms with Gasteiger partial charge in [-0.1, -0.05) is 6.07 Å². The normalized spacial score (nSPS) is 21.7. The number of fused-ring (bicyclic) bond motifs is 1. The van der Waals surface area contributed by atoms with Crippen LogP contribution in [0.3, 0.4) is 0 Å². The molecule has 0 spiro atoms. The number of benzene rings is 1. The van der Waals surface area contributed by atoms with Crippen LogP contribution in [0.15, 0.2) is 18.2 Å². The second-order valence-electron chi connectivity index (χ2n) is 6.27. The smallest absolute Gasteiger partial charge is 0.317 e. The second-order valence-corrected chi connectivity index (χ2v) is 7.49. The molecule has 1 saturated carbocycles. The molecule has 2 heterocycles. The van der Waals surface area contributed by atoms with E-state index in [-0.39, 0.29) is 12.1 Å².